The highest BCUT2D eigenvalue weighted by atomic mass is 14.3. The molecule has 1 aliphatic carbocycles. The number of allylic oxidation sites excluding steroid dienone is 2. The number of aryl methyl sites for hydroxylation is 1. The van der Waals surface area contributed by atoms with Crippen LogP contribution in [0.1, 0.15) is 83.3 Å². The maximum atomic E-state index is 2.53. The maximum Gasteiger partial charge on any atom is -0.0184 e. The monoisotopic (exact) mass is 374 g/mol. The van der Waals surface area contributed by atoms with Gasteiger partial charge in [-0.3, -0.25) is 0 Å². The smallest absolute Gasteiger partial charge is 0.0184 e. The van der Waals surface area contributed by atoms with E-state index in [1.807, 2.05) is 0 Å². The van der Waals surface area contributed by atoms with Gasteiger partial charge in [-0.25, -0.2) is 0 Å². The normalized spacial score (nSPS) is 18.0. The lowest BCUT2D eigenvalue weighted by Gasteiger charge is -2.27. The second-order valence-electron chi connectivity index (χ2n) is 8.76. The molecular weight excluding hydrogens is 336 g/mol. The summed E-state index contributed by atoms with van der Waals surface area (Å²) in [5, 5.41) is 0. The van der Waals surface area contributed by atoms with Crippen LogP contribution >= 0.6 is 0 Å². The number of hydrogen-bond donors (Lipinski definition) is 0. The van der Waals surface area contributed by atoms with Crippen molar-refractivity contribution in [3.05, 3.63) is 65.7 Å². The molecule has 2 unspecified atom stereocenters. The van der Waals surface area contributed by atoms with Crippen LogP contribution in [0.25, 0.3) is 16.7 Å². The largest absolute Gasteiger partial charge is 0.0804 e. The zero-order valence-electron chi connectivity index (χ0n) is 18.2. The Hall–Kier alpha value is -1.82. The van der Waals surface area contributed by atoms with Crippen LogP contribution < -0.4 is 0 Å². The lowest BCUT2D eigenvalue weighted by atomic mass is 9.78. The standard InChI is InChI=1S/C28H38/c1-4-6-7-9-22(3)24-14-16-26(17-15-24)28-20-18-27(19-21-28)25-12-10-23(8-5-2)11-13-25/h10-13,16,18-22,24H,4-9,14-15,17H2,1-3H3. The van der Waals surface area contributed by atoms with Crippen molar-refractivity contribution in [1.29, 1.82) is 0 Å². The Morgan fingerprint density at radius 2 is 1.46 bits per heavy atom. The first-order valence-electron chi connectivity index (χ1n) is 11.6. The Balaban J connectivity index is 1.59. The van der Waals surface area contributed by atoms with Gasteiger partial charge in [-0.05, 0) is 65.3 Å². The van der Waals surface area contributed by atoms with Gasteiger partial charge in [-0.15, -0.1) is 0 Å². The predicted octanol–water partition coefficient (Wildman–Crippen LogP) is 8.71. The van der Waals surface area contributed by atoms with Crippen molar-refractivity contribution in [3.8, 4) is 11.1 Å². The van der Waals surface area contributed by atoms with Crippen molar-refractivity contribution in [2.45, 2.75) is 78.6 Å². The lowest BCUT2D eigenvalue weighted by molar-refractivity contribution is 0.308. The number of benzene rings is 2. The van der Waals surface area contributed by atoms with E-state index in [4.69, 9.17) is 0 Å². The van der Waals surface area contributed by atoms with Crippen LogP contribution in [0.4, 0.5) is 0 Å². The number of hydrogen-bond acceptors (Lipinski definition) is 0. The summed E-state index contributed by atoms with van der Waals surface area (Å²) in [4.78, 5) is 0. The molecule has 28 heavy (non-hydrogen) atoms. The van der Waals surface area contributed by atoms with Crippen LogP contribution in [0.2, 0.25) is 0 Å². The summed E-state index contributed by atoms with van der Waals surface area (Å²) in [7, 11) is 0. The fourth-order valence-corrected chi connectivity index (χ4v) is 4.61. The summed E-state index contributed by atoms with van der Waals surface area (Å²) in [6.45, 7) is 7.01. The van der Waals surface area contributed by atoms with Gasteiger partial charge >= 0.3 is 0 Å². The van der Waals surface area contributed by atoms with Gasteiger partial charge in [0.15, 0.2) is 0 Å². The Kier molecular flexibility index (Phi) is 7.95. The van der Waals surface area contributed by atoms with Crippen LogP contribution in [0.5, 0.6) is 0 Å². The van der Waals surface area contributed by atoms with Crippen molar-refractivity contribution in [2.24, 2.45) is 11.8 Å². The highest BCUT2D eigenvalue weighted by molar-refractivity contribution is 5.71. The van der Waals surface area contributed by atoms with Gasteiger partial charge in [-0.1, -0.05) is 107 Å². The molecule has 0 spiro atoms. The van der Waals surface area contributed by atoms with Crippen molar-refractivity contribution >= 4 is 5.57 Å². The molecule has 0 heteroatoms. The first-order valence-corrected chi connectivity index (χ1v) is 11.6. The summed E-state index contributed by atoms with van der Waals surface area (Å²) in [5.74, 6) is 1.77. The van der Waals surface area contributed by atoms with E-state index in [0.717, 1.165) is 11.8 Å². The Morgan fingerprint density at radius 1 is 0.821 bits per heavy atom. The summed E-state index contributed by atoms with van der Waals surface area (Å²) < 4.78 is 0. The Morgan fingerprint density at radius 3 is 2.04 bits per heavy atom. The molecule has 0 aromatic heterocycles. The van der Waals surface area contributed by atoms with Crippen LogP contribution in [0, 0.1) is 11.8 Å². The molecule has 0 heterocycles. The van der Waals surface area contributed by atoms with Gasteiger partial charge in [0.05, 0.1) is 0 Å². The van der Waals surface area contributed by atoms with Gasteiger partial charge in [0.2, 0.25) is 0 Å². The second kappa shape index (κ2) is 10.6. The quantitative estimate of drug-likeness (QED) is 0.385. The third kappa shape index (κ3) is 5.60. The predicted molar refractivity (Wildman–Crippen MR) is 124 cm³/mol. The molecule has 0 N–H and O–H groups in total. The third-order valence-corrected chi connectivity index (χ3v) is 6.60. The average Bonchev–Trinajstić information content (AvgIpc) is 2.75. The molecule has 0 fully saturated rings. The molecule has 0 aliphatic heterocycles. The van der Waals surface area contributed by atoms with Gasteiger partial charge < -0.3 is 0 Å². The first kappa shape index (κ1) is 20.9. The minimum absolute atomic E-state index is 0.877. The second-order valence-corrected chi connectivity index (χ2v) is 8.76. The van der Waals surface area contributed by atoms with Crippen molar-refractivity contribution < 1.29 is 0 Å². The molecular formula is C28H38. The molecule has 0 radical (unpaired) electrons. The SMILES string of the molecule is CCCCCC(C)C1CC=C(c2ccc(-c3ccc(CCC)cc3)cc2)CC1. The molecule has 0 amide bonds. The fourth-order valence-electron chi connectivity index (χ4n) is 4.61. The summed E-state index contributed by atoms with van der Waals surface area (Å²) in [5.41, 5.74) is 7.06. The van der Waals surface area contributed by atoms with E-state index in [1.54, 1.807) is 5.57 Å². The lowest BCUT2D eigenvalue weighted by Crippen LogP contribution is -2.14. The van der Waals surface area contributed by atoms with Crippen LogP contribution in [-0.2, 0) is 6.42 Å². The Labute approximate surface area is 173 Å². The van der Waals surface area contributed by atoms with Gasteiger partial charge in [0.1, 0.15) is 0 Å². The average molecular weight is 375 g/mol. The van der Waals surface area contributed by atoms with E-state index in [2.05, 4.69) is 75.4 Å². The van der Waals surface area contributed by atoms with E-state index in [9.17, 15) is 0 Å². The third-order valence-electron chi connectivity index (χ3n) is 6.60. The van der Waals surface area contributed by atoms with E-state index >= 15 is 0 Å². The molecule has 2 atom stereocenters. The van der Waals surface area contributed by atoms with Crippen LogP contribution in [-0.4, -0.2) is 0 Å². The Bertz CT molecular complexity index is 733. The molecule has 3 rings (SSSR count). The molecule has 0 saturated carbocycles. The maximum absolute atomic E-state index is 2.53. The summed E-state index contributed by atoms with van der Waals surface area (Å²) in [6, 6.07) is 18.3. The molecule has 0 saturated heterocycles. The molecule has 0 nitrogen and oxygen atoms in total. The van der Waals surface area contributed by atoms with E-state index in [1.165, 1.54) is 80.0 Å². The van der Waals surface area contributed by atoms with Gasteiger partial charge in [-0.2, -0.15) is 0 Å². The minimum atomic E-state index is 0.877. The molecule has 0 bridgehead atoms. The van der Waals surface area contributed by atoms with Crippen LogP contribution in [0.3, 0.4) is 0 Å². The molecule has 2 aromatic rings. The zero-order chi connectivity index (χ0) is 19.8. The zero-order valence-corrected chi connectivity index (χ0v) is 18.2. The molecule has 150 valence electrons. The number of unbranched alkanes of at least 4 members (excludes halogenated alkanes) is 2. The summed E-state index contributed by atoms with van der Waals surface area (Å²) >= 11 is 0. The fraction of sp³-hybridized carbons (Fsp3) is 0.500. The topological polar surface area (TPSA) is 0 Å². The van der Waals surface area contributed by atoms with E-state index < -0.39 is 0 Å². The van der Waals surface area contributed by atoms with E-state index in [0.29, 0.717) is 0 Å². The molecule has 1 aliphatic rings. The minimum Gasteiger partial charge on any atom is -0.0804 e. The number of rotatable bonds is 9. The van der Waals surface area contributed by atoms with Crippen LogP contribution in [0.15, 0.2) is 54.6 Å². The first-order chi connectivity index (χ1) is 13.7. The summed E-state index contributed by atoms with van der Waals surface area (Å²) in [6.07, 6.45) is 14.3. The van der Waals surface area contributed by atoms with Gasteiger partial charge in [0, 0.05) is 0 Å². The van der Waals surface area contributed by atoms with Crippen molar-refractivity contribution in [3.63, 3.8) is 0 Å². The molecule has 2 aromatic carbocycles. The van der Waals surface area contributed by atoms with Crippen molar-refractivity contribution in [1.82, 2.24) is 0 Å². The van der Waals surface area contributed by atoms with Gasteiger partial charge in [0.25, 0.3) is 0 Å². The highest BCUT2D eigenvalue weighted by Crippen LogP contribution is 2.36. The van der Waals surface area contributed by atoms with Crippen molar-refractivity contribution in [2.75, 3.05) is 0 Å². The highest BCUT2D eigenvalue weighted by Gasteiger charge is 2.20. The van der Waals surface area contributed by atoms with E-state index in [-0.39, 0.29) is 0 Å².